The lowest BCUT2D eigenvalue weighted by atomic mass is 9.85. The monoisotopic (exact) mass is 283 g/mol. The summed E-state index contributed by atoms with van der Waals surface area (Å²) < 4.78 is 0. The Kier molecular flexibility index (Phi) is 6.50. The van der Waals surface area contributed by atoms with Crippen molar-refractivity contribution >= 4 is 5.91 Å². The molecule has 3 nitrogen and oxygen atoms in total. The Morgan fingerprint density at radius 1 is 1.30 bits per heavy atom. The van der Waals surface area contributed by atoms with E-state index >= 15 is 0 Å². The van der Waals surface area contributed by atoms with Gasteiger partial charge in [-0.15, -0.1) is 0 Å². The van der Waals surface area contributed by atoms with E-state index in [0.717, 1.165) is 25.8 Å². The Morgan fingerprint density at radius 3 is 2.40 bits per heavy atom. The van der Waals surface area contributed by atoms with Gasteiger partial charge in [0.2, 0.25) is 5.91 Å². The molecule has 0 aliphatic carbocycles. The molecule has 0 bridgehead atoms. The molecule has 118 valence electrons. The molecule has 0 saturated carbocycles. The zero-order valence-electron chi connectivity index (χ0n) is 14.0. The highest BCUT2D eigenvalue weighted by Crippen LogP contribution is 2.27. The number of hydrogen-bond acceptors (Lipinski definition) is 2. The number of unbranched alkanes of at least 4 members (excludes halogenated alkanes) is 1. The first kappa shape index (κ1) is 17.5. The summed E-state index contributed by atoms with van der Waals surface area (Å²) >= 11 is 0. The molecular weight excluding hydrogens is 250 g/mol. The fraction of sp³-hybridized carbons (Fsp3) is 0.941. The van der Waals surface area contributed by atoms with Gasteiger partial charge in [-0.2, -0.15) is 0 Å². The van der Waals surface area contributed by atoms with Crippen molar-refractivity contribution in [3.8, 4) is 0 Å². The second-order valence-corrected chi connectivity index (χ2v) is 7.88. The fourth-order valence-corrected chi connectivity index (χ4v) is 2.94. The molecule has 0 spiro atoms. The van der Waals surface area contributed by atoms with Crippen LogP contribution in [0.5, 0.6) is 0 Å². The number of aliphatic hydroxyl groups excluding tert-OH is 1. The number of hydrogen-bond donors (Lipinski definition) is 1. The molecule has 1 rings (SSSR count). The maximum absolute atomic E-state index is 12.5. The summed E-state index contributed by atoms with van der Waals surface area (Å²) in [6, 6.07) is 0. The van der Waals surface area contributed by atoms with E-state index in [1.807, 2.05) is 4.90 Å². The van der Waals surface area contributed by atoms with E-state index in [9.17, 15) is 9.90 Å². The zero-order chi connectivity index (χ0) is 15.3. The summed E-state index contributed by atoms with van der Waals surface area (Å²) in [6.45, 7) is 12.3. The Hall–Kier alpha value is -0.570. The molecule has 3 heteroatoms. The Bertz CT molecular complexity index is 307. The van der Waals surface area contributed by atoms with Crippen LogP contribution in [0.3, 0.4) is 0 Å². The van der Waals surface area contributed by atoms with E-state index in [-0.39, 0.29) is 17.9 Å². The van der Waals surface area contributed by atoms with Gasteiger partial charge in [0.05, 0.1) is 6.10 Å². The van der Waals surface area contributed by atoms with Crippen LogP contribution in [-0.4, -0.2) is 35.1 Å². The largest absolute Gasteiger partial charge is 0.391 e. The molecule has 1 heterocycles. The molecule has 1 fully saturated rings. The second-order valence-electron chi connectivity index (χ2n) is 7.88. The van der Waals surface area contributed by atoms with E-state index in [1.54, 1.807) is 0 Å². The number of β-amino-alcohol motifs (C(OH)–C–C–N with tert-alkyl or cyclic N) is 1. The molecular formula is C17H33NO2. The molecule has 2 atom stereocenters. The van der Waals surface area contributed by atoms with Crippen molar-refractivity contribution < 1.29 is 9.90 Å². The van der Waals surface area contributed by atoms with Gasteiger partial charge in [0, 0.05) is 19.0 Å². The minimum Gasteiger partial charge on any atom is -0.391 e. The number of carbonyl (C=O) groups excluding carboxylic acids is 1. The fourth-order valence-electron chi connectivity index (χ4n) is 2.94. The van der Waals surface area contributed by atoms with E-state index in [2.05, 4.69) is 34.6 Å². The minimum absolute atomic E-state index is 0.125. The topological polar surface area (TPSA) is 40.5 Å². The summed E-state index contributed by atoms with van der Waals surface area (Å²) in [5.74, 6) is 0.766. The van der Waals surface area contributed by atoms with Crippen molar-refractivity contribution in [2.24, 2.45) is 17.3 Å². The molecule has 1 aliphatic heterocycles. The van der Waals surface area contributed by atoms with E-state index in [0.29, 0.717) is 17.9 Å². The van der Waals surface area contributed by atoms with Crippen LogP contribution in [0.4, 0.5) is 0 Å². The number of nitrogens with zero attached hydrogens (tertiary/aromatic N) is 1. The lowest BCUT2D eigenvalue weighted by Gasteiger charge is -2.26. The van der Waals surface area contributed by atoms with Gasteiger partial charge in [0.1, 0.15) is 0 Å². The van der Waals surface area contributed by atoms with Gasteiger partial charge in [0.15, 0.2) is 0 Å². The van der Waals surface area contributed by atoms with Gasteiger partial charge in [-0.1, -0.05) is 47.5 Å². The van der Waals surface area contributed by atoms with Crippen LogP contribution in [0.25, 0.3) is 0 Å². The first-order valence-corrected chi connectivity index (χ1v) is 8.17. The predicted molar refractivity (Wildman–Crippen MR) is 83.5 cm³/mol. The molecule has 1 aliphatic rings. The number of aliphatic hydroxyl groups is 1. The van der Waals surface area contributed by atoms with Gasteiger partial charge in [0.25, 0.3) is 0 Å². The summed E-state index contributed by atoms with van der Waals surface area (Å²) in [6.07, 6.45) is 4.95. The molecule has 0 aromatic heterocycles. The molecule has 20 heavy (non-hydrogen) atoms. The van der Waals surface area contributed by atoms with E-state index in [4.69, 9.17) is 0 Å². The zero-order valence-corrected chi connectivity index (χ0v) is 14.0. The van der Waals surface area contributed by atoms with Crippen LogP contribution >= 0.6 is 0 Å². The normalized spacial score (nSPS) is 21.6. The quantitative estimate of drug-likeness (QED) is 0.758. The van der Waals surface area contributed by atoms with Crippen LogP contribution in [-0.2, 0) is 4.79 Å². The SMILES string of the molecule is CC(C)C(CCCCC(C)(C)C)C(=O)N1CCC(O)C1. The third-order valence-electron chi connectivity index (χ3n) is 4.29. The minimum atomic E-state index is -0.312. The molecule has 0 aromatic carbocycles. The van der Waals surface area contributed by atoms with Crippen LogP contribution in [0, 0.1) is 17.3 Å². The van der Waals surface area contributed by atoms with Crippen LogP contribution in [0.2, 0.25) is 0 Å². The van der Waals surface area contributed by atoms with Crippen molar-refractivity contribution in [3.05, 3.63) is 0 Å². The third-order valence-corrected chi connectivity index (χ3v) is 4.29. The Labute approximate surface area is 124 Å². The summed E-state index contributed by atoms with van der Waals surface area (Å²) in [5, 5.41) is 9.58. The van der Waals surface area contributed by atoms with Gasteiger partial charge in [-0.25, -0.2) is 0 Å². The molecule has 2 unspecified atom stereocenters. The molecule has 0 aromatic rings. The standard InChI is InChI=1S/C17H33NO2/c1-13(2)15(8-6-7-10-17(3,4)5)16(20)18-11-9-14(19)12-18/h13-15,19H,6-12H2,1-5H3. The number of rotatable bonds is 6. The first-order valence-electron chi connectivity index (χ1n) is 8.17. The van der Waals surface area contributed by atoms with Crippen LogP contribution in [0.15, 0.2) is 0 Å². The van der Waals surface area contributed by atoms with Gasteiger partial charge >= 0.3 is 0 Å². The Balaban J connectivity index is 2.42. The maximum Gasteiger partial charge on any atom is 0.226 e. The average molecular weight is 283 g/mol. The molecule has 1 N–H and O–H groups in total. The average Bonchev–Trinajstić information content (AvgIpc) is 2.73. The maximum atomic E-state index is 12.5. The summed E-state index contributed by atoms with van der Waals surface area (Å²) in [5.41, 5.74) is 0.385. The van der Waals surface area contributed by atoms with Gasteiger partial charge in [-0.05, 0) is 30.6 Å². The predicted octanol–water partition coefficient (Wildman–Crippen LogP) is 3.46. The van der Waals surface area contributed by atoms with Gasteiger partial charge < -0.3 is 10.0 Å². The number of likely N-dealkylation sites (tertiary alicyclic amines) is 1. The Morgan fingerprint density at radius 2 is 1.95 bits per heavy atom. The van der Waals surface area contributed by atoms with E-state index < -0.39 is 0 Å². The van der Waals surface area contributed by atoms with Crippen molar-refractivity contribution in [1.82, 2.24) is 4.90 Å². The smallest absolute Gasteiger partial charge is 0.226 e. The van der Waals surface area contributed by atoms with Crippen LogP contribution in [0.1, 0.15) is 66.7 Å². The highest BCUT2D eigenvalue weighted by molar-refractivity contribution is 5.79. The number of carbonyl (C=O) groups is 1. The third kappa shape index (κ3) is 5.82. The molecule has 1 amide bonds. The van der Waals surface area contributed by atoms with Crippen LogP contribution < -0.4 is 0 Å². The van der Waals surface area contributed by atoms with Crippen molar-refractivity contribution in [3.63, 3.8) is 0 Å². The highest BCUT2D eigenvalue weighted by Gasteiger charge is 2.31. The van der Waals surface area contributed by atoms with Crippen molar-refractivity contribution in [2.45, 2.75) is 72.8 Å². The molecule has 1 saturated heterocycles. The molecule has 0 radical (unpaired) electrons. The summed E-state index contributed by atoms with van der Waals surface area (Å²) in [7, 11) is 0. The second kappa shape index (κ2) is 7.44. The van der Waals surface area contributed by atoms with Gasteiger partial charge in [-0.3, -0.25) is 4.79 Å². The van der Waals surface area contributed by atoms with Crippen molar-refractivity contribution in [2.75, 3.05) is 13.1 Å². The summed E-state index contributed by atoms with van der Waals surface area (Å²) in [4.78, 5) is 14.4. The first-order chi connectivity index (χ1) is 9.20. The lowest BCUT2D eigenvalue weighted by Crippen LogP contribution is -2.37. The van der Waals surface area contributed by atoms with E-state index in [1.165, 1.54) is 12.8 Å². The number of amides is 1. The lowest BCUT2D eigenvalue weighted by molar-refractivity contribution is -0.136. The van der Waals surface area contributed by atoms with Crippen molar-refractivity contribution in [1.29, 1.82) is 0 Å². The highest BCUT2D eigenvalue weighted by atomic mass is 16.3.